The third kappa shape index (κ3) is 5.21. The molecule has 1 fully saturated rings. The number of hydrogen-bond acceptors (Lipinski definition) is 3. The zero-order valence-corrected chi connectivity index (χ0v) is 14.8. The highest BCUT2D eigenvalue weighted by Gasteiger charge is 2.35. The van der Waals surface area contributed by atoms with E-state index in [0.717, 1.165) is 19.3 Å². The van der Waals surface area contributed by atoms with Crippen LogP contribution >= 0.6 is 0 Å². The normalized spacial score (nSPS) is 18.8. The highest BCUT2D eigenvalue weighted by Crippen LogP contribution is 2.31. The van der Waals surface area contributed by atoms with Crippen LogP contribution in [0.3, 0.4) is 0 Å². The Kier molecular flexibility index (Phi) is 7.06. The molecular formula is C19H31N3O2. The Balaban J connectivity index is 1.92. The Labute approximate surface area is 145 Å². The Morgan fingerprint density at radius 3 is 2.50 bits per heavy atom. The summed E-state index contributed by atoms with van der Waals surface area (Å²) < 4.78 is 0. The van der Waals surface area contributed by atoms with E-state index in [-0.39, 0.29) is 30.3 Å². The van der Waals surface area contributed by atoms with Crippen molar-refractivity contribution < 1.29 is 9.90 Å². The van der Waals surface area contributed by atoms with Crippen LogP contribution in [-0.4, -0.2) is 35.9 Å². The lowest BCUT2D eigenvalue weighted by Gasteiger charge is -2.34. The van der Waals surface area contributed by atoms with E-state index in [1.807, 2.05) is 13.0 Å². The molecule has 0 bridgehead atoms. The van der Waals surface area contributed by atoms with Crippen molar-refractivity contribution in [1.82, 2.24) is 16.0 Å². The minimum Gasteiger partial charge on any atom is -0.394 e. The summed E-state index contributed by atoms with van der Waals surface area (Å²) in [5.74, 6) is 0. The van der Waals surface area contributed by atoms with Crippen molar-refractivity contribution in [3.05, 3.63) is 35.9 Å². The van der Waals surface area contributed by atoms with Crippen molar-refractivity contribution in [3.63, 3.8) is 0 Å². The number of aliphatic hydroxyl groups is 1. The number of carbonyl (C=O) groups excluding carboxylic acids is 1. The van der Waals surface area contributed by atoms with E-state index in [9.17, 15) is 9.90 Å². The molecule has 0 heterocycles. The van der Waals surface area contributed by atoms with Crippen molar-refractivity contribution in [2.45, 2.75) is 63.6 Å². The third-order valence-electron chi connectivity index (χ3n) is 5.02. The van der Waals surface area contributed by atoms with Crippen LogP contribution in [0.5, 0.6) is 0 Å². The van der Waals surface area contributed by atoms with Crippen molar-refractivity contribution >= 4 is 6.03 Å². The fourth-order valence-electron chi connectivity index (χ4n) is 3.47. The van der Waals surface area contributed by atoms with Gasteiger partial charge in [-0.1, -0.05) is 50.1 Å². The molecule has 2 atom stereocenters. The van der Waals surface area contributed by atoms with Gasteiger partial charge >= 0.3 is 6.03 Å². The van der Waals surface area contributed by atoms with Gasteiger partial charge in [0.25, 0.3) is 0 Å². The molecule has 2 rings (SSSR count). The topological polar surface area (TPSA) is 73.4 Å². The molecule has 5 heteroatoms. The van der Waals surface area contributed by atoms with Gasteiger partial charge in [0, 0.05) is 18.1 Å². The van der Waals surface area contributed by atoms with Gasteiger partial charge in [0.2, 0.25) is 0 Å². The zero-order valence-electron chi connectivity index (χ0n) is 14.8. The maximum Gasteiger partial charge on any atom is 0.315 e. The second kappa shape index (κ2) is 9.04. The molecule has 1 aromatic rings. The zero-order chi connectivity index (χ0) is 17.4. The van der Waals surface area contributed by atoms with E-state index in [2.05, 4.69) is 47.1 Å². The predicted octanol–water partition coefficient (Wildman–Crippen LogP) is 2.72. The lowest BCUT2D eigenvalue weighted by molar-refractivity contribution is 0.208. The van der Waals surface area contributed by atoms with Crippen LogP contribution in [0.2, 0.25) is 0 Å². The first kappa shape index (κ1) is 18.7. The highest BCUT2D eigenvalue weighted by atomic mass is 16.3. The van der Waals surface area contributed by atoms with Crippen molar-refractivity contribution in [3.8, 4) is 0 Å². The molecule has 1 aliphatic carbocycles. The fraction of sp³-hybridized carbons (Fsp3) is 0.632. The predicted molar refractivity (Wildman–Crippen MR) is 96.9 cm³/mol. The van der Waals surface area contributed by atoms with E-state index >= 15 is 0 Å². The molecule has 1 saturated carbocycles. The average Bonchev–Trinajstić information content (AvgIpc) is 3.07. The van der Waals surface area contributed by atoms with Gasteiger partial charge < -0.3 is 21.1 Å². The number of amides is 2. The molecule has 0 saturated heterocycles. The Morgan fingerprint density at radius 2 is 1.92 bits per heavy atom. The molecule has 4 N–H and O–H groups in total. The van der Waals surface area contributed by atoms with Crippen LogP contribution in [0, 0.1) is 0 Å². The van der Waals surface area contributed by atoms with Gasteiger partial charge in [-0.15, -0.1) is 0 Å². The summed E-state index contributed by atoms with van der Waals surface area (Å²) in [5, 5.41) is 18.8. The summed E-state index contributed by atoms with van der Waals surface area (Å²) in [6, 6.07) is 10.3. The quantitative estimate of drug-likeness (QED) is 0.591. The van der Waals surface area contributed by atoms with Crippen LogP contribution in [0.1, 0.15) is 57.6 Å². The first-order valence-electron chi connectivity index (χ1n) is 9.06. The van der Waals surface area contributed by atoms with Gasteiger partial charge in [0.05, 0.1) is 12.6 Å². The largest absolute Gasteiger partial charge is 0.394 e. The van der Waals surface area contributed by atoms with Gasteiger partial charge in [-0.05, 0) is 31.7 Å². The molecule has 24 heavy (non-hydrogen) atoms. The second-order valence-corrected chi connectivity index (χ2v) is 6.88. The van der Waals surface area contributed by atoms with Gasteiger partial charge in [-0.2, -0.15) is 0 Å². The van der Waals surface area contributed by atoms with Crippen LogP contribution < -0.4 is 16.0 Å². The minimum atomic E-state index is -0.198. The van der Waals surface area contributed by atoms with E-state index in [1.165, 1.54) is 18.4 Å². The highest BCUT2D eigenvalue weighted by molar-refractivity contribution is 5.74. The lowest BCUT2D eigenvalue weighted by atomic mass is 9.94. The fourth-order valence-corrected chi connectivity index (χ4v) is 3.47. The Morgan fingerprint density at radius 1 is 1.25 bits per heavy atom. The smallest absolute Gasteiger partial charge is 0.315 e. The average molecular weight is 333 g/mol. The second-order valence-electron chi connectivity index (χ2n) is 6.88. The molecule has 1 aliphatic rings. The molecule has 134 valence electrons. The molecular weight excluding hydrogens is 302 g/mol. The monoisotopic (exact) mass is 333 g/mol. The molecule has 0 radical (unpaired) electrons. The minimum absolute atomic E-state index is 0.0294. The third-order valence-corrected chi connectivity index (χ3v) is 5.02. The first-order chi connectivity index (χ1) is 11.6. The molecule has 0 aliphatic heterocycles. The lowest BCUT2D eigenvalue weighted by Crippen LogP contribution is -2.55. The van der Waals surface area contributed by atoms with Crippen molar-refractivity contribution in [1.29, 1.82) is 0 Å². The number of rotatable bonds is 8. The molecule has 2 amide bonds. The van der Waals surface area contributed by atoms with Crippen LogP contribution in [0.15, 0.2) is 30.3 Å². The Bertz CT molecular complexity index is 497. The van der Waals surface area contributed by atoms with Gasteiger partial charge in [0.15, 0.2) is 0 Å². The summed E-state index contributed by atoms with van der Waals surface area (Å²) >= 11 is 0. The number of hydrogen-bond donors (Lipinski definition) is 4. The Hall–Kier alpha value is -1.59. The van der Waals surface area contributed by atoms with Crippen LogP contribution in [0.25, 0.3) is 0 Å². The first-order valence-corrected chi connectivity index (χ1v) is 9.06. The number of nitrogens with one attached hydrogen (secondary N) is 3. The van der Waals surface area contributed by atoms with E-state index in [0.29, 0.717) is 6.54 Å². The SMILES string of the molecule is CCC(CO)NC(=O)NCC1(NC(C)c2ccccc2)CCCC1. The molecule has 0 spiro atoms. The number of carbonyl (C=O) groups is 1. The van der Waals surface area contributed by atoms with Crippen LogP contribution in [0.4, 0.5) is 4.79 Å². The van der Waals surface area contributed by atoms with E-state index < -0.39 is 0 Å². The summed E-state index contributed by atoms with van der Waals surface area (Å²) in [7, 11) is 0. The van der Waals surface area contributed by atoms with E-state index in [1.54, 1.807) is 0 Å². The van der Waals surface area contributed by atoms with Crippen molar-refractivity contribution in [2.75, 3.05) is 13.2 Å². The molecule has 5 nitrogen and oxygen atoms in total. The van der Waals surface area contributed by atoms with Crippen molar-refractivity contribution in [2.24, 2.45) is 0 Å². The summed E-state index contributed by atoms with van der Waals surface area (Å²) in [6.45, 7) is 4.70. The number of urea groups is 1. The number of aliphatic hydroxyl groups excluding tert-OH is 1. The maximum atomic E-state index is 12.1. The summed E-state index contributed by atoms with van der Waals surface area (Å²) in [5.41, 5.74) is 1.22. The summed E-state index contributed by atoms with van der Waals surface area (Å²) in [4.78, 5) is 12.1. The maximum absolute atomic E-state index is 12.1. The molecule has 1 aromatic carbocycles. The molecule has 2 unspecified atom stereocenters. The standard InChI is InChI=1S/C19H31N3O2/c1-3-17(13-23)21-18(24)20-14-19(11-7-8-12-19)22-15(2)16-9-5-4-6-10-16/h4-6,9-10,15,17,22-23H,3,7-8,11-14H2,1-2H3,(H2,20,21,24). The van der Waals surface area contributed by atoms with Gasteiger partial charge in [0.1, 0.15) is 0 Å². The number of benzene rings is 1. The summed E-state index contributed by atoms with van der Waals surface area (Å²) in [6.07, 6.45) is 5.24. The van der Waals surface area contributed by atoms with Crippen LogP contribution in [-0.2, 0) is 0 Å². The molecule has 0 aromatic heterocycles. The van der Waals surface area contributed by atoms with Gasteiger partial charge in [-0.25, -0.2) is 4.79 Å². The van der Waals surface area contributed by atoms with E-state index in [4.69, 9.17) is 0 Å². The van der Waals surface area contributed by atoms with Gasteiger partial charge in [-0.3, -0.25) is 0 Å².